The molecule has 0 unspecified atom stereocenters. The number of hydrogen-bond donors (Lipinski definition) is 0. The van der Waals surface area contributed by atoms with Crippen LogP contribution in [0, 0.1) is 0 Å². The lowest BCUT2D eigenvalue weighted by molar-refractivity contribution is -0.110. The van der Waals surface area contributed by atoms with Crippen LogP contribution in [0.25, 0.3) is 0 Å². The molecule has 0 N–H and O–H groups in total. The highest BCUT2D eigenvalue weighted by molar-refractivity contribution is 5.74. The molecule has 0 aromatic heterocycles. The summed E-state index contributed by atoms with van der Waals surface area (Å²) >= 11 is 0. The molecule has 0 spiro atoms. The fourth-order valence-electron chi connectivity index (χ4n) is 2.73. The Morgan fingerprint density at radius 1 is 0.727 bits per heavy atom. The van der Waals surface area contributed by atoms with Crippen LogP contribution >= 0.6 is 0 Å². The fourth-order valence-corrected chi connectivity index (χ4v) is 2.73. The van der Waals surface area contributed by atoms with Gasteiger partial charge in [-0.1, -0.05) is 76.2 Å². The maximum Gasteiger partial charge on any atom is 0.134 e. The third kappa shape index (κ3) is 3.14. The predicted molar refractivity (Wildman–Crippen MR) is 93.6 cm³/mol. The monoisotopic (exact) mass is 294 g/mol. The Hall–Kier alpha value is -1.89. The van der Waals surface area contributed by atoms with Gasteiger partial charge in [0.05, 0.1) is 5.41 Å². The zero-order valence-corrected chi connectivity index (χ0v) is 14.3. The average molecular weight is 294 g/mol. The Kier molecular flexibility index (Phi) is 4.85. The highest BCUT2D eigenvalue weighted by Crippen LogP contribution is 2.32. The van der Waals surface area contributed by atoms with Gasteiger partial charge < -0.3 is 4.79 Å². The van der Waals surface area contributed by atoms with Crippen LogP contribution in [-0.2, 0) is 10.2 Å². The first kappa shape index (κ1) is 16.5. The first-order chi connectivity index (χ1) is 10.4. The predicted octanol–water partition coefficient (Wildman–Crippen LogP) is 5.44. The lowest BCUT2D eigenvalue weighted by atomic mass is 9.76. The van der Waals surface area contributed by atoms with E-state index in [9.17, 15) is 4.79 Å². The van der Waals surface area contributed by atoms with Crippen LogP contribution in [0.5, 0.6) is 0 Å². The van der Waals surface area contributed by atoms with Crippen molar-refractivity contribution in [2.75, 3.05) is 0 Å². The Labute approximate surface area is 134 Å². The van der Waals surface area contributed by atoms with Crippen LogP contribution in [0.4, 0.5) is 0 Å². The Balaban J connectivity index is 2.40. The molecule has 0 radical (unpaired) electrons. The molecule has 116 valence electrons. The zero-order valence-electron chi connectivity index (χ0n) is 14.3. The molecule has 0 saturated carbocycles. The molecule has 1 nitrogen and oxygen atoms in total. The van der Waals surface area contributed by atoms with Crippen molar-refractivity contribution in [1.29, 1.82) is 0 Å². The minimum absolute atomic E-state index is 0.502. The summed E-state index contributed by atoms with van der Waals surface area (Å²) in [5.74, 6) is 1.00. The van der Waals surface area contributed by atoms with Gasteiger partial charge in [-0.05, 0) is 41.0 Å². The summed E-state index contributed by atoms with van der Waals surface area (Å²) in [6.45, 7) is 10.7. The second-order valence-electron chi connectivity index (χ2n) is 6.87. The lowest BCUT2D eigenvalue weighted by Crippen LogP contribution is -2.25. The highest BCUT2D eigenvalue weighted by Gasteiger charge is 2.28. The molecule has 2 aromatic rings. The van der Waals surface area contributed by atoms with E-state index in [2.05, 4.69) is 76.2 Å². The summed E-state index contributed by atoms with van der Waals surface area (Å²) in [6.07, 6.45) is 1.06. The van der Waals surface area contributed by atoms with E-state index >= 15 is 0 Å². The molecule has 0 aliphatic heterocycles. The molecule has 0 amide bonds. The van der Waals surface area contributed by atoms with Gasteiger partial charge in [0, 0.05) is 0 Å². The molecule has 2 rings (SSSR count). The van der Waals surface area contributed by atoms with E-state index in [1.165, 1.54) is 11.1 Å². The first-order valence-corrected chi connectivity index (χ1v) is 8.05. The zero-order chi connectivity index (χ0) is 16.3. The topological polar surface area (TPSA) is 17.1 Å². The quantitative estimate of drug-likeness (QED) is 0.671. The maximum absolute atomic E-state index is 11.9. The van der Waals surface area contributed by atoms with Gasteiger partial charge in [-0.2, -0.15) is 0 Å². The van der Waals surface area contributed by atoms with Crippen molar-refractivity contribution in [2.24, 2.45) is 0 Å². The molecule has 1 heteroatoms. The number of benzene rings is 2. The lowest BCUT2D eigenvalue weighted by Gasteiger charge is -2.25. The summed E-state index contributed by atoms with van der Waals surface area (Å²) in [5, 5.41) is 0. The number of rotatable bonds is 5. The van der Waals surface area contributed by atoms with Gasteiger partial charge in [-0.15, -0.1) is 0 Å². The van der Waals surface area contributed by atoms with Gasteiger partial charge >= 0.3 is 0 Å². The molecule has 0 atom stereocenters. The van der Waals surface area contributed by atoms with Gasteiger partial charge in [0.2, 0.25) is 0 Å². The van der Waals surface area contributed by atoms with Gasteiger partial charge in [0.1, 0.15) is 6.29 Å². The van der Waals surface area contributed by atoms with E-state index in [0.717, 1.165) is 17.4 Å². The van der Waals surface area contributed by atoms with Crippen molar-refractivity contribution in [1.82, 2.24) is 0 Å². The van der Waals surface area contributed by atoms with E-state index in [0.29, 0.717) is 11.8 Å². The fraction of sp³-hybridized carbons (Fsp3) is 0.381. The van der Waals surface area contributed by atoms with E-state index in [1.54, 1.807) is 0 Å². The smallest absolute Gasteiger partial charge is 0.134 e. The third-order valence-electron chi connectivity index (χ3n) is 4.59. The minimum Gasteiger partial charge on any atom is -0.302 e. The number of carbonyl (C=O) groups excluding carboxylic acids is 1. The van der Waals surface area contributed by atoms with Crippen LogP contribution < -0.4 is 0 Å². The van der Waals surface area contributed by atoms with Crippen molar-refractivity contribution in [3.05, 3.63) is 70.8 Å². The second kappa shape index (κ2) is 6.48. The summed E-state index contributed by atoms with van der Waals surface area (Å²) in [4.78, 5) is 11.9. The number of hydrogen-bond acceptors (Lipinski definition) is 1. The average Bonchev–Trinajstić information content (AvgIpc) is 2.54. The molecule has 22 heavy (non-hydrogen) atoms. The first-order valence-electron chi connectivity index (χ1n) is 8.05. The molecule has 0 heterocycles. The number of carbonyl (C=O) groups is 1. The standard InChI is InChI=1S/C21H26O/c1-15(2)17-6-10-19(11-7-17)21(5,14-22)20-12-8-18(9-13-20)16(3)4/h6-16H,1-5H3. The summed E-state index contributed by atoms with van der Waals surface area (Å²) in [6, 6.07) is 16.9. The van der Waals surface area contributed by atoms with Crippen molar-refractivity contribution in [2.45, 2.75) is 51.9 Å². The van der Waals surface area contributed by atoms with Crippen molar-refractivity contribution in [3.8, 4) is 0 Å². The van der Waals surface area contributed by atoms with Crippen LogP contribution in [0.2, 0.25) is 0 Å². The Morgan fingerprint density at radius 3 is 1.27 bits per heavy atom. The molecule has 0 aliphatic rings. The third-order valence-corrected chi connectivity index (χ3v) is 4.59. The van der Waals surface area contributed by atoms with Gasteiger partial charge in [0.25, 0.3) is 0 Å². The van der Waals surface area contributed by atoms with E-state index in [4.69, 9.17) is 0 Å². The highest BCUT2D eigenvalue weighted by atomic mass is 16.1. The Morgan fingerprint density at radius 2 is 1.05 bits per heavy atom. The normalized spacial score (nSPS) is 12.0. The molecule has 0 aliphatic carbocycles. The van der Waals surface area contributed by atoms with E-state index in [-0.39, 0.29) is 0 Å². The summed E-state index contributed by atoms with van der Waals surface area (Å²) < 4.78 is 0. The summed E-state index contributed by atoms with van der Waals surface area (Å²) in [7, 11) is 0. The van der Waals surface area contributed by atoms with Crippen molar-refractivity contribution in [3.63, 3.8) is 0 Å². The molecule has 0 bridgehead atoms. The van der Waals surface area contributed by atoms with Crippen LogP contribution in [0.15, 0.2) is 48.5 Å². The Bertz CT molecular complexity index is 566. The van der Waals surface area contributed by atoms with Crippen molar-refractivity contribution >= 4 is 6.29 Å². The van der Waals surface area contributed by atoms with Gasteiger partial charge in [0.15, 0.2) is 0 Å². The second-order valence-corrected chi connectivity index (χ2v) is 6.87. The van der Waals surface area contributed by atoms with E-state index in [1.807, 2.05) is 6.92 Å². The van der Waals surface area contributed by atoms with Gasteiger partial charge in [-0.3, -0.25) is 0 Å². The SMILES string of the molecule is CC(C)c1ccc(C(C)(C=O)c2ccc(C(C)C)cc2)cc1. The molecule has 0 saturated heterocycles. The molecular weight excluding hydrogens is 268 g/mol. The van der Waals surface area contributed by atoms with Crippen LogP contribution in [0.1, 0.15) is 68.7 Å². The van der Waals surface area contributed by atoms with Crippen molar-refractivity contribution < 1.29 is 4.79 Å². The summed E-state index contributed by atoms with van der Waals surface area (Å²) in [5.41, 5.74) is 4.10. The number of aldehydes is 1. The van der Waals surface area contributed by atoms with E-state index < -0.39 is 5.41 Å². The van der Waals surface area contributed by atoms with Crippen LogP contribution in [0.3, 0.4) is 0 Å². The van der Waals surface area contributed by atoms with Crippen LogP contribution in [-0.4, -0.2) is 6.29 Å². The molecule has 2 aromatic carbocycles. The maximum atomic E-state index is 11.9. The van der Waals surface area contributed by atoms with Gasteiger partial charge in [-0.25, -0.2) is 0 Å². The molecular formula is C21H26O. The molecule has 0 fully saturated rings. The minimum atomic E-state index is -0.592. The largest absolute Gasteiger partial charge is 0.302 e.